The average molecular weight is 361 g/mol. The van der Waals surface area contributed by atoms with E-state index in [4.69, 9.17) is 5.73 Å². The molecule has 0 unspecified atom stereocenters. The van der Waals surface area contributed by atoms with E-state index in [1.165, 1.54) is 11.3 Å². The highest BCUT2D eigenvalue weighted by Crippen LogP contribution is 2.27. The molecule has 0 amide bonds. The molecule has 0 fully saturated rings. The molecule has 0 saturated heterocycles. The zero-order chi connectivity index (χ0) is 14.0. The zero-order valence-electron chi connectivity index (χ0n) is 10.2. The van der Waals surface area contributed by atoms with Crippen molar-refractivity contribution in [2.24, 2.45) is 0 Å². The molecule has 7 heteroatoms. The van der Waals surface area contributed by atoms with Crippen molar-refractivity contribution < 1.29 is 8.42 Å². The van der Waals surface area contributed by atoms with Gasteiger partial charge in [0, 0.05) is 15.0 Å². The van der Waals surface area contributed by atoms with Gasteiger partial charge in [-0.3, -0.25) is 4.72 Å². The minimum Gasteiger partial charge on any atom is -0.398 e. The third kappa shape index (κ3) is 3.29. The summed E-state index contributed by atoms with van der Waals surface area (Å²) in [6.07, 6.45) is 0.825. The van der Waals surface area contributed by atoms with Crippen LogP contribution in [0.3, 0.4) is 0 Å². The first-order valence-corrected chi connectivity index (χ1v) is 8.68. The molecular formula is C12H13BrN2O2S2. The fourth-order valence-electron chi connectivity index (χ4n) is 1.51. The molecule has 102 valence electrons. The summed E-state index contributed by atoms with van der Waals surface area (Å²) in [4.78, 5) is 1.04. The van der Waals surface area contributed by atoms with Crippen LogP contribution in [-0.2, 0) is 16.4 Å². The molecule has 0 aliphatic heterocycles. The molecule has 3 N–H and O–H groups in total. The fourth-order valence-corrected chi connectivity index (χ4v) is 4.10. The van der Waals surface area contributed by atoms with E-state index in [-0.39, 0.29) is 0 Å². The van der Waals surface area contributed by atoms with Gasteiger partial charge < -0.3 is 5.73 Å². The number of nitrogens with one attached hydrogen (secondary N) is 1. The van der Waals surface area contributed by atoms with Crippen LogP contribution in [0.2, 0.25) is 0 Å². The maximum absolute atomic E-state index is 12.2. The van der Waals surface area contributed by atoms with Gasteiger partial charge in [-0.2, -0.15) is 0 Å². The van der Waals surface area contributed by atoms with Crippen LogP contribution >= 0.6 is 27.3 Å². The number of nitrogens with two attached hydrogens (primary N) is 1. The number of thiophene rings is 1. The molecule has 4 nitrogen and oxygen atoms in total. The Bertz CT molecular complexity index is 696. The lowest BCUT2D eigenvalue weighted by molar-refractivity contribution is 0.603. The van der Waals surface area contributed by atoms with Gasteiger partial charge in [0.1, 0.15) is 4.21 Å². The third-order valence-corrected chi connectivity index (χ3v) is 6.32. The first-order chi connectivity index (χ1) is 8.92. The van der Waals surface area contributed by atoms with E-state index in [9.17, 15) is 8.42 Å². The van der Waals surface area contributed by atoms with Crippen LogP contribution in [0.25, 0.3) is 0 Å². The molecule has 2 rings (SSSR count). The molecule has 2 aromatic rings. The van der Waals surface area contributed by atoms with E-state index in [2.05, 4.69) is 20.7 Å². The maximum atomic E-state index is 12.2. The minimum atomic E-state index is -3.53. The van der Waals surface area contributed by atoms with Crippen molar-refractivity contribution in [3.8, 4) is 0 Å². The lowest BCUT2D eigenvalue weighted by Crippen LogP contribution is -2.11. The molecule has 0 aliphatic carbocycles. The summed E-state index contributed by atoms with van der Waals surface area (Å²) in [5.41, 5.74) is 6.66. The Morgan fingerprint density at radius 1 is 1.32 bits per heavy atom. The van der Waals surface area contributed by atoms with Gasteiger partial charge >= 0.3 is 0 Å². The van der Waals surface area contributed by atoms with Gasteiger partial charge in [0.2, 0.25) is 0 Å². The quantitative estimate of drug-likeness (QED) is 0.820. The van der Waals surface area contributed by atoms with Crippen LogP contribution in [-0.4, -0.2) is 8.42 Å². The van der Waals surface area contributed by atoms with E-state index in [1.54, 1.807) is 24.3 Å². The third-order valence-electron chi connectivity index (χ3n) is 2.50. The number of hydrogen-bond acceptors (Lipinski definition) is 4. The molecule has 1 aromatic heterocycles. The van der Waals surface area contributed by atoms with Crippen molar-refractivity contribution in [1.29, 1.82) is 0 Å². The van der Waals surface area contributed by atoms with Crippen molar-refractivity contribution in [2.45, 2.75) is 17.6 Å². The number of sulfonamides is 1. The van der Waals surface area contributed by atoms with Gasteiger partial charge in [0.05, 0.1) is 5.69 Å². The van der Waals surface area contributed by atoms with Gasteiger partial charge in [0.25, 0.3) is 10.0 Å². The smallest absolute Gasteiger partial charge is 0.271 e. The standard InChI is InChI=1S/C12H13BrN2O2S2/c1-2-9-4-6-12(18-9)19(16,17)15-8-3-5-10(13)11(14)7-8/h3-7,15H,2,14H2,1H3. The van der Waals surface area contributed by atoms with Crippen molar-refractivity contribution >= 4 is 48.7 Å². The second-order valence-electron chi connectivity index (χ2n) is 3.92. The maximum Gasteiger partial charge on any atom is 0.271 e. The Morgan fingerprint density at radius 3 is 2.63 bits per heavy atom. The topological polar surface area (TPSA) is 72.2 Å². The Morgan fingerprint density at radius 2 is 2.05 bits per heavy atom. The number of hydrogen-bond donors (Lipinski definition) is 2. The highest BCUT2D eigenvalue weighted by atomic mass is 79.9. The molecule has 0 saturated carbocycles. The van der Waals surface area contributed by atoms with Gasteiger partial charge in [-0.15, -0.1) is 11.3 Å². The first kappa shape index (κ1) is 14.4. The van der Waals surface area contributed by atoms with E-state index >= 15 is 0 Å². The van der Waals surface area contributed by atoms with Crippen LogP contribution in [0.15, 0.2) is 39.0 Å². The molecule has 1 heterocycles. The van der Waals surface area contributed by atoms with Crippen LogP contribution in [0.4, 0.5) is 11.4 Å². The highest BCUT2D eigenvalue weighted by molar-refractivity contribution is 9.10. The molecule has 0 aliphatic rings. The number of benzene rings is 1. The summed E-state index contributed by atoms with van der Waals surface area (Å²) in [5, 5.41) is 0. The highest BCUT2D eigenvalue weighted by Gasteiger charge is 2.16. The Kier molecular flexibility index (Phi) is 4.17. The predicted octanol–water partition coefficient (Wildman–Crippen LogP) is 3.46. The molecular weight excluding hydrogens is 348 g/mol. The summed E-state index contributed by atoms with van der Waals surface area (Å²) in [6, 6.07) is 8.39. The lowest BCUT2D eigenvalue weighted by atomic mass is 10.3. The number of rotatable bonds is 4. The summed E-state index contributed by atoms with van der Waals surface area (Å²) >= 11 is 4.54. The molecule has 19 heavy (non-hydrogen) atoms. The van der Waals surface area contributed by atoms with Crippen LogP contribution in [0, 0.1) is 0 Å². The van der Waals surface area contributed by atoms with E-state index in [0.29, 0.717) is 15.6 Å². The second-order valence-corrected chi connectivity index (χ2v) is 7.85. The lowest BCUT2D eigenvalue weighted by Gasteiger charge is -2.07. The van der Waals surface area contributed by atoms with E-state index in [0.717, 1.165) is 15.8 Å². The van der Waals surface area contributed by atoms with Crippen molar-refractivity contribution in [3.63, 3.8) is 0 Å². The SMILES string of the molecule is CCc1ccc(S(=O)(=O)Nc2ccc(Br)c(N)c2)s1. The number of nitrogen functional groups attached to an aromatic ring is 1. The van der Waals surface area contributed by atoms with E-state index in [1.807, 2.05) is 13.0 Å². The monoisotopic (exact) mass is 360 g/mol. The summed E-state index contributed by atoms with van der Waals surface area (Å²) in [7, 11) is -3.53. The predicted molar refractivity (Wildman–Crippen MR) is 83.1 cm³/mol. The van der Waals surface area contributed by atoms with Gasteiger partial charge in [0.15, 0.2) is 0 Å². The summed E-state index contributed by atoms with van der Waals surface area (Å²) in [6.45, 7) is 1.99. The molecule has 0 atom stereocenters. The zero-order valence-corrected chi connectivity index (χ0v) is 13.4. The summed E-state index contributed by atoms with van der Waals surface area (Å²) in [5.74, 6) is 0. The molecule has 1 aromatic carbocycles. The number of aryl methyl sites for hydroxylation is 1. The van der Waals surface area contributed by atoms with Crippen LogP contribution in [0.5, 0.6) is 0 Å². The van der Waals surface area contributed by atoms with Gasteiger partial charge in [-0.1, -0.05) is 6.92 Å². The number of halogens is 1. The summed E-state index contributed by atoms with van der Waals surface area (Å²) < 4.78 is 27.9. The molecule has 0 radical (unpaired) electrons. The Balaban J connectivity index is 2.28. The largest absolute Gasteiger partial charge is 0.398 e. The average Bonchev–Trinajstić information content (AvgIpc) is 2.83. The van der Waals surface area contributed by atoms with Gasteiger partial charge in [-0.05, 0) is 52.7 Å². The van der Waals surface area contributed by atoms with Crippen molar-refractivity contribution in [1.82, 2.24) is 0 Å². The first-order valence-electron chi connectivity index (χ1n) is 5.59. The minimum absolute atomic E-state index is 0.311. The molecule has 0 bridgehead atoms. The fraction of sp³-hybridized carbons (Fsp3) is 0.167. The second kappa shape index (κ2) is 5.52. The van der Waals surface area contributed by atoms with Crippen molar-refractivity contribution in [3.05, 3.63) is 39.7 Å². The van der Waals surface area contributed by atoms with Gasteiger partial charge in [-0.25, -0.2) is 8.42 Å². The molecule has 0 spiro atoms. The van der Waals surface area contributed by atoms with Crippen LogP contribution in [0.1, 0.15) is 11.8 Å². The van der Waals surface area contributed by atoms with Crippen molar-refractivity contribution in [2.75, 3.05) is 10.5 Å². The van der Waals surface area contributed by atoms with E-state index < -0.39 is 10.0 Å². The number of anilines is 2. The van der Waals surface area contributed by atoms with Crippen LogP contribution < -0.4 is 10.5 Å². The normalized spacial score (nSPS) is 11.5. The Labute approximate surface area is 124 Å². The Hall–Kier alpha value is -1.05.